The molecule has 2 rings (SSSR count). The van der Waals surface area contributed by atoms with E-state index in [1.54, 1.807) is 11.3 Å². The van der Waals surface area contributed by atoms with Crippen LogP contribution in [0.3, 0.4) is 0 Å². The maximum absolute atomic E-state index is 6.22. The number of thiophene rings is 1. The van der Waals surface area contributed by atoms with Gasteiger partial charge >= 0.3 is 0 Å². The van der Waals surface area contributed by atoms with Gasteiger partial charge < -0.3 is 5.32 Å². The molecular formula is C16H20ClNS2. The third kappa shape index (κ3) is 5.13. The second-order valence-corrected chi connectivity index (χ2v) is 6.98. The van der Waals surface area contributed by atoms with Crippen LogP contribution in [0.15, 0.2) is 46.0 Å². The number of rotatable bonds is 8. The molecule has 2 aromatic rings. The summed E-state index contributed by atoms with van der Waals surface area (Å²) in [5, 5.41) is 8.87. The molecule has 0 spiro atoms. The third-order valence-corrected chi connectivity index (χ3v) is 5.43. The summed E-state index contributed by atoms with van der Waals surface area (Å²) in [5.74, 6) is 1.04. The molecule has 4 heteroatoms. The Morgan fingerprint density at radius 3 is 2.85 bits per heavy atom. The molecule has 1 N–H and O–H groups in total. The Labute approximate surface area is 134 Å². The Morgan fingerprint density at radius 2 is 2.15 bits per heavy atom. The van der Waals surface area contributed by atoms with Crippen molar-refractivity contribution in [1.82, 2.24) is 5.32 Å². The van der Waals surface area contributed by atoms with Gasteiger partial charge in [-0.05, 0) is 53.9 Å². The van der Waals surface area contributed by atoms with Crippen LogP contribution in [0.4, 0.5) is 0 Å². The lowest BCUT2D eigenvalue weighted by molar-refractivity contribution is 0.551. The number of thioether (sulfide) groups is 1. The Bertz CT molecular complexity index is 499. The Kier molecular flexibility index (Phi) is 6.94. The predicted octanol–water partition coefficient (Wildman–Crippen LogP) is 5.10. The molecule has 0 bridgehead atoms. The van der Waals surface area contributed by atoms with Gasteiger partial charge in [0.15, 0.2) is 0 Å². The van der Waals surface area contributed by atoms with E-state index in [1.807, 2.05) is 30.0 Å². The molecular weight excluding hydrogens is 306 g/mol. The molecule has 0 amide bonds. The predicted molar refractivity (Wildman–Crippen MR) is 92.3 cm³/mol. The molecule has 108 valence electrons. The van der Waals surface area contributed by atoms with E-state index >= 15 is 0 Å². The van der Waals surface area contributed by atoms with Crippen LogP contribution in [0.25, 0.3) is 0 Å². The Balaban J connectivity index is 1.91. The molecule has 0 saturated heterocycles. The second kappa shape index (κ2) is 8.73. The molecule has 0 aliphatic heterocycles. The van der Waals surface area contributed by atoms with Gasteiger partial charge in [0.05, 0.1) is 5.02 Å². The highest BCUT2D eigenvalue weighted by Gasteiger charge is 2.11. The first-order valence-corrected chi connectivity index (χ1v) is 9.22. The van der Waals surface area contributed by atoms with Crippen LogP contribution in [0.1, 0.15) is 18.9 Å². The molecule has 0 saturated carbocycles. The summed E-state index contributed by atoms with van der Waals surface area (Å²) in [6.45, 7) is 3.27. The van der Waals surface area contributed by atoms with Crippen molar-refractivity contribution in [3.63, 3.8) is 0 Å². The monoisotopic (exact) mass is 325 g/mol. The highest BCUT2D eigenvalue weighted by Crippen LogP contribution is 2.27. The molecule has 1 nitrogen and oxygen atoms in total. The molecule has 0 radical (unpaired) electrons. The van der Waals surface area contributed by atoms with Crippen molar-refractivity contribution >= 4 is 34.7 Å². The summed E-state index contributed by atoms with van der Waals surface area (Å²) < 4.78 is 0. The van der Waals surface area contributed by atoms with Crippen molar-refractivity contribution in [2.24, 2.45) is 0 Å². The summed E-state index contributed by atoms with van der Waals surface area (Å²) in [7, 11) is 0. The van der Waals surface area contributed by atoms with Gasteiger partial charge in [0.2, 0.25) is 0 Å². The quantitative estimate of drug-likeness (QED) is 0.677. The fraction of sp³-hybridized carbons (Fsp3) is 0.375. The highest BCUT2D eigenvalue weighted by atomic mass is 35.5. The number of hydrogen-bond acceptors (Lipinski definition) is 3. The molecule has 1 unspecified atom stereocenters. The van der Waals surface area contributed by atoms with E-state index in [4.69, 9.17) is 11.6 Å². The first kappa shape index (κ1) is 15.9. The largest absolute Gasteiger partial charge is 0.313 e. The zero-order chi connectivity index (χ0) is 14.2. The number of hydrogen-bond donors (Lipinski definition) is 1. The first-order chi connectivity index (χ1) is 9.79. The molecule has 0 aliphatic carbocycles. The van der Waals surface area contributed by atoms with E-state index in [0.717, 1.165) is 30.2 Å². The fourth-order valence-electron chi connectivity index (χ4n) is 1.98. The van der Waals surface area contributed by atoms with Crippen LogP contribution >= 0.6 is 34.7 Å². The zero-order valence-corrected chi connectivity index (χ0v) is 14.0. The third-order valence-electron chi connectivity index (χ3n) is 3.02. The van der Waals surface area contributed by atoms with E-state index in [1.165, 1.54) is 10.5 Å². The van der Waals surface area contributed by atoms with Gasteiger partial charge in [-0.3, -0.25) is 0 Å². The van der Waals surface area contributed by atoms with Gasteiger partial charge in [-0.25, -0.2) is 0 Å². The summed E-state index contributed by atoms with van der Waals surface area (Å²) in [5.41, 5.74) is 1.42. The molecule has 1 aromatic heterocycles. The molecule has 1 heterocycles. The maximum Gasteiger partial charge on any atom is 0.0541 e. The summed E-state index contributed by atoms with van der Waals surface area (Å²) in [6.07, 6.45) is 2.25. The molecule has 0 fully saturated rings. The van der Waals surface area contributed by atoms with Crippen LogP contribution in [0.5, 0.6) is 0 Å². The second-order valence-electron chi connectivity index (χ2n) is 4.73. The van der Waals surface area contributed by atoms with Crippen LogP contribution < -0.4 is 5.32 Å². The molecule has 0 aliphatic rings. The van der Waals surface area contributed by atoms with Gasteiger partial charge in [-0.2, -0.15) is 11.3 Å². The Hall–Kier alpha value is -0.480. The smallest absolute Gasteiger partial charge is 0.0541 e. The van der Waals surface area contributed by atoms with E-state index in [-0.39, 0.29) is 0 Å². The maximum atomic E-state index is 6.22. The van der Waals surface area contributed by atoms with Crippen molar-refractivity contribution in [1.29, 1.82) is 0 Å². The van der Waals surface area contributed by atoms with E-state index in [0.29, 0.717) is 6.04 Å². The lowest BCUT2D eigenvalue weighted by Gasteiger charge is -2.18. The molecule has 20 heavy (non-hydrogen) atoms. The van der Waals surface area contributed by atoms with Gasteiger partial charge in [0.25, 0.3) is 0 Å². The van der Waals surface area contributed by atoms with Crippen LogP contribution in [0.2, 0.25) is 5.02 Å². The van der Waals surface area contributed by atoms with Gasteiger partial charge in [-0.1, -0.05) is 30.7 Å². The average Bonchev–Trinajstić information content (AvgIpc) is 2.96. The SMILES string of the molecule is CCCNC(CSc1ccccc1Cl)Cc1ccsc1. The zero-order valence-electron chi connectivity index (χ0n) is 11.6. The minimum atomic E-state index is 0.492. The van der Waals surface area contributed by atoms with Crippen molar-refractivity contribution in [2.45, 2.75) is 30.7 Å². The van der Waals surface area contributed by atoms with E-state index < -0.39 is 0 Å². The van der Waals surface area contributed by atoms with Crippen LogP contribution in [-0.2, 0) is 6.42 Å². The number of halogens is 1. The van der Waals surface area contributed by atoms with Gasteiger partial charge in [0, 0.05) is 16.7 Å². The van der Waals surface area contributed by atoms with Gasteiger partial charge in [-0.15, -0.1) is 11.8 Å². The van der Waals surface area contributed by atoms with Crippen LogP contribution in [-0.4, -0.2) is 18.3 Å². The van der Waals surface area contributed by atoms with Crippen LogP contribution in [0, 0.1) is 0 Å². The van der Waals surface area contributed by atoms with Gasteiger partial charge in [0.1, 0.15) is 0 Å². The van der Waals surface area contributed by atoms with Crippen molar-refractivity contribution < 1.29 is 0 Å². The fourth-order valence-corrected chi connectivity index (χ4v) is 3.96. The number of benzene rings is 1. The summed E-state index contributed by atoms with van der Waals surface area (Å²) >= 11 is 9.82. The highest BCUT2D eigenvalue weighted by molar-refractivity contribution is 7.99. The average molecular weight is 326 g/mol. The molecule has 1 atom stereocenters. The van der Waals surface area contributed by atoms with Crippen molar-refractivity contribution in [3.05, 3.63) is 51.7 Å². The summed E-state index contributed by atoms with van der Waals surface area (Å²) in [6, 6.07) is 10.8. The van der Waals surface area contributed by atoms with E-state index in [9.17, 15) is 0 Å². The first-order valence-electron chi connectivity index (χ1n) is 6.91. The lowest BCUT2D eigenvalue weighted by atomic mass is 10.1. The number of nitrogens with one attached hydrogen (secondary N) is 1. The van der Waals surface area contributed by atoms with E-state index in [2.05, 4.69) is 35.1 Å². The normalized spacial score (nSPS) is 12.5. The minimum absolute atomic E-state index is 0.492. The van der Waals surface area contributed by atoms with Crippen molar-refractivity contribution in [2.75, 3.05) is 12.3 Å². The minimum Gasteiger partial charge on any atom is -0.313 e. The lowest BCUT2D eigenvalue weighted by Crippen LogP contribution is -2.33. The van der Waals surface area contributed by atoms with Crippen molar-refractivity contribution in [3.8, 4) is 0 Å². The Morgan fingerprint density at radius 1 is 1.30 bits per heavy atom. The topological polar surface area (TPSA) is 12.0 Å². The summed E-state index contributed by atoms with van der Waals surface area (Å²) in [4.78, 5) is 1.17. The molecule has 1 aromatic carbocycles. The standard InChI is InChI=1S/C16H20ClNS2/c1-2-8-18-14(10-13-7-9-19-11-13)12-20-16-6-4-3-5-15(16)17/h3-7,9,11,14,18H,2,8,10,12H2,1H3.